The Bertz CT molecular complexity index is 906. The molecule has 3 nitrogen and oxygen atoms in total. The smallest absolute Gasteiger partial charge is 0.218 e. The van der Waals surface area contributed by atoms with E-state index in [2.05, 4.69) is 58.9 Å². The highest BCUT2D eigenvalue weighted by atomic mass is 16.3. The van der Waals surface area contributed by atoms with Crippen molar-refractivity contribution in [1.82, 2.24) is 9.78 Å². The zero-order valence-corrected chi connectivity index (χ0v) is 15.7. The standard InChI is InChI=1S/C22H26N2O/c1-14(2)12-20-21(19-9-7-6-8-16(19)4)23-24(22(20)25)18-11-10-15(3)17(5)13-18/h6-11,13-14,25H,12H2,1-5H3. The van der Waals surface area contributed by atoms with Gasteiger partial charge in [0.05, 0.1) is 5.69 Å². The van der Waals surface area contributed by atoms with Crippen LogP contribution in [0.3, 0.4) is 0 Å². The molecule has 0 bridgehead atoms. The van der Waals surface area contributed by atoms with Gasteiger partial charge >= 0.3 is 0 Å². The van der Waals surface area contributed by atoms with Crippen molar-refractivity contribution in [2.24, 2.45) is 5.92 Å². The molecule has 0 atom stereocenters. The van der Waals surface area contributed by atoms with Crippen molar-refractivity contribution < 1.29 is 5.11 Å². The largest absolute Gasteiger partial charge is 0.493 e. The average Bonchev–Trinajstić information content (AvgIpc) is 2.87. The van der Waals surface area contributed by atoms with Gasteiger partial charge in [0.25, 0.3) is 0 Å². The first-order chi connectivity index (χ1) is 11.9. The molecule has 0 unspecified atom stereocenters. The lowest BCUT2D eigenvalue weighted by Crippen LogP contribution is -1.98. The molecule has 3 aromatic rings. The quantitative estimate of drug-likeness (QED) is 0.696. The van der Waals surface area contributed by atoms with Crippen LogP contribution in [0.15, 0.2) is 42.5 Å². The van der Waals surface area contributed by atoms with Crippen LogP contribution in [0.5, 0.6) is 5.88 Å². The number of aromatic nitrogens is 2. The van der Waals surface area contributed by atoms with Crippen molar-refractivity contribution in [3.05, 3.63) is 64.7 Å². The van der Waals surface area contributed by atoms with Gasteiger partial charge < -0.3 is 5.11 Å². The summed E-state index contributed by atoms with van der Waals surface area (Å²) in [6, 6.07) is 14.4. The Morgan fingerprint density at radius 2 is 1.68 bits per heavy atom. The molecule has 0 aliphatic rings. The highest BCUT2D eigenvalue weighted by Gasteiger charge is 2.21. The first kappa shape index (κ1) is 17.3. The maximum Gasteiger partial charge on any atom is 0.218 e. The summed E-state index contributed by atoms with van der Waals surface area (Å²) in [5.74, 6) is 0.682. The summed E-state index contributed by atoms with van der Waals surface area (Å²) in [6.07, 6.45) is 0.792. The summed E-state index contributed by atoms with van der Waals surface area (Å²) < 4.78 is 1.67. The summed E-state index contributed by atoms with van der Waals surface area (Å²) in [7, 11) is 0. The molecule has 0 aliphatic carbocycles. The van der Waals surface area contributed by atoms with E-state index in [0.29, 0.717) is 5.92 Å². The van der Waals surface area contributed by atoms with Gasteiger partial charge in [0.2, 0.25) is 5.88 Å². The summed E-state index contributed by atoms with van der Waals surface area (Å²) in [5.41, 5.74) is 7.36. The summed E-state index contributed by atoms with van der Waals surface area (Å²) in [6.45, 7) is 10.6. The van der Waals surface area contributed by atoms with Crippen LogP contribution < -0.4 is 0 Å². The lowest BCUT2D eigenvalue weighted by Gasteiger charge is -2.08. The topological polar surface area (TPSA) is 38.0 Å². The highest BCUT2D eigenvalue weighted by Crippen LogP contribution is 2.35. The Morgan fingerprint density at radius 3 is 2.32 bits per heavy atom. The van der Waals surface area contributed by atoms with E-state index < -0.39 is 0 Å². The normalized spacial score (nSPS) is 11.3. The SMILES string of the molecule is Cc1ccc(-n2nc(-c3ccccc3C)c(CC(C)C)c2O)cc1C. The molecular weight excluding hydrogens is 308 g/mol. The summed E-state index contributed by atoms with van der Waals surface area (Å²) in [5, 5.41) is 15.7. The van der Waals surface area contributed by atoms with Crippen LogP contribution in [0.2, 0.25) is 0 Å². The fraction of sp³-hybridized carbons (Fsp3) is 0.318. The van der Waals surface area contributed by atoms with Crippen molar-refractivity contribution in [2.75, 3.05) is 0 Å². The predicted octanol–water partition coefficient (Wildman–Crippen LogP) is 5.37. The van der Waals surface area contributed by atoms with Gasteiger partial charge in [-0.15, -0.1) is 0 Å². The number of hydrogen-bond acceptors (Lipinski definition) is 2. The monoisotopic (exact) mass is 334 g/mol. The second-order valence-corrected chi connectivity index (χ2v) is 7.24. The maximum absolute atomic E-state index is 10.9. The van der Waals surface area contributed by atoms with E-state index in [0.717, 1.165) is 34.5 Å². The molecule has 0 fully saturated rings. The van der Waals surface area contributed by atoms with Gasteiger partial charge in [0.1, 0.15) is 5.69 Å². The van der Waals surface area contributed by atoms with Gasteiger partial charge in [0, 0.05) is 11.1 Å². The van der Waals surface area contributed by atoms with Crippen LogP contribution in [0.25, 0.3) is 16.9 Å². The molecule has 25 heavy (non-hydrogen) atoms. The van der Waals surface area contributed by atoms with E-state index in [1.807, 2.05) is 18.2 Å². The first-order valence-electron chi connectivity index (χ1n) is 8.83. The lowest BCUT2D eigenvalue weighted by atomic mass is 9.97. The van der Waals surface area contributed by atoms with Crippen molar-refractivity contribution in [1.29, 1.82) is 0 Å². The first-order valence-corrected chi connectivity index (χ1v) is 8.83. The molecule has 0 saturated carbocycles. The Morgan fingerprint density at radius 1 is 0.960 bits per heavy atom. The number of aromatic hydroxyl groups is 1. The molecule has 3 heteroatoms. The minimum atomic E-state index is 0.246. The van der Waals surface area contributed by atoms with Crippen molar-refractivity contribution >= 4 is 0 Å². The predicted molar refractivity (Wildman–Crippen MR) is 103 cm³/mol. The molecule has 3 rings (SSSR count). The molecule has 0 spiro atoms. The van der Waals surface area contributed by atoms with Crippen molar-refractivity contribution in [3.63, 3.8) is 0 Å². The van der Waals surface area contributed by atoms with Crippen LogP contribution in [-0.4, -0.2) is 14.9 Å². The van der Waals surface area contributed by atoms with Crippen LogP contribution in [0.4, 0.5) is 0 Å². The number of benzene rings is 2. The maximum atomic E-state index is 10.9. The zero-order chi connectivity index (χ0) is 18.1. The molecule has 0 aliphatic heterocycles. The van der Waals surface area contributed by atoms with Gasteiger partial charge in [-0.05, 0) is 61.9 Å². The lowest BCUT2D eigenvalue weighted by molar-refractivity contribution is 0.424. The molecule has 0 saturated heterocycles. The second kappa shape index (κ2) is 6.75. The molecule has 1 aromatic heterocycles. The fourth-order valence-corrected chi connectivity index (χ4v) is 3.13. The fourth-order valence-electron chi connectivity index (χ4n) is 3.13. The Labute approximate surface area is 150 Å². The Kier molecular flexibility index (Phi) is 4.67. The van der Waals surface area contributed by atoms with E-state index in [1.54, 1.807) is 4.68 Å². The van der Waals surface area contributed by atoms with Crippen LogP contribution >= 0.6 is 0 Å². The molecule has 2 aromatic carbocycles. The molecule has 1 N–H and O–H groups in total. The average molecular weight is 334 g/mol. The second-order valence-electron chi connectivity index (χ2n) is 7.24. The van der Waals surface area contributed by atoms with E-state index in [4.69, 9.17) is 5.10 Å². The number of aryl methyl sites for hydroxylation is 3. The van der Waals surface area contributed by atoms with Crippen LogP contribution in [-0.2, 0) is 6.42 Å². The van der Waals surface area contributed by atoms with Gasteiger partial charge in [-0.2, -0.15) is 5.10 Å². The van der Waals surface area contributed by atoms with Gasteiger partial charge in [-0.25, -0.2) is 4.68 Å². The highest BCUT2D eigenvalue weighted by molar-refractivity contribution is 5.69. The third-order valence-electron chi connectivity index (χ3n) is 4.70. The summed E-state index contributed by atoms with van der Waals surface area (Å²) >= 11 is 0. The van der Waals surface area contributed by atoms with E-state index in [1.165, 1.54) is 11.1 Å². The van der Waals surface area contributed by atoms with E-state index in [-0.39, 0.29) is 5.88 Å². The van der Waals surface area contributed by atoms with Crippen LogP contribution in [0.1, 0.15) is 36.1 Å². The molecule has 1 heterocycles. The van der Waals surface area contributed by atoms with Gasteiger partial charge in [0.15, 0.2) is 0 Å². The Hall–Kier alpha value is -2.55. The zero-order valence-electron chi connectivity index (χ0n) is 15.7. The summed E-state index contributed by atoms with van der Waals surface area (Å²) in [4.78, 5) is 0. The molecule has 130 valence electrons. The third kappa shape index (κ3) is 3.32. The molecule has 0 radical (unpaired) electrons. The van der Waals surface area contributed by atoms with Crippen LogP contribution in [0, 0.1) is 26.7 Å². The van der Waals surface area contributed by atoms with E-state index in [9.17, 15) is 5.11 Å². The number of hydrogen-bond donors (Lipinski definition) is 1. The third-order valence-corrected chi connectivity index (χ3v) is 4.70. The van der Waals surface area contributed by atoms with Crippen molar-refractivity contribution in [2.45, 2.75) is 41.0 Å². The van der Waals surface area contributed by atoms with Crippen molar-refractivity contribution in [3.8, 4) is 22.8 Å². The molecular formula is C22H26N2O. The minimum absolute atomic E-state index is 0.246. The number of nitrogens with zero attached hydrogens (tertiary/aromatic N) is 2. The Balaban J connectivity index is 2.21. The molecule has 0 amide bonds. The van der Waals surface area contributed by atoms with Gasteiger partial charge in [-0.3, -0.25) is 0 Å². The minimum Gasteiger partial charge on any atom is -0.493 e. The number of rotatable bonds is 4. The van der Waals surface area contributed by atoms with Gasteiger partial charge in [-0.1, -0.05) is 44.2 Å². The van der Waals surface area contributed by atoms with E-state index >= 15 is 0 Å².